The Balaban J connectivity index is 1.35. The van der Waals surface area contributed by atoms with Gasteiger partial charge in [-0.25, -0.2) is 4.98 Å². The van der Waals surface area contributed by atoms with Gasteiger partial charge in [-0.1, -0.05) is 24.3 Å². The van der Waals surface area contributed by atoms with Crippen molar-refractivity contribution in [2.75, 3.05) is 37.7 Å². The summed E-state index contributed by atoms with van der Waals surface area (Å²) in [5.74, 6) is 1.52. The van der Waals surface area contributed by atoms with Crippen LogP contribution in [0.15, 0.2) is 53.3 Å². The number of carbonyl (C=O) groups is 1. The van der Waals surface area contributed by atoms with E-state index >= 15 is 0 Å². The van der Waals surface area contributed by atoms with Crippen molar-refractivity contribution in [1.82, 2.24) is 14.9 Å². The Morgan fingerprint density at radius 1 is 1.07 bits per heavy atom. The van der Waals surface area contributed by atoms with Gasteiger partial charge in [0.15, 0.2) is 0 Å². The number of carbonyl (C=O) groups excluding carboxylic acids is 1. The van der Waals surface area contributed by atoms with Gasteiger partial charge in [-0.2, -0.15) is 0 Å². The van der Waals surface area contributed by atoms with E-state index < -0.39 is 0 Å². The number of H-pyrrole nitrogens is 1. The van der Waals surface area contributed by atoms with Crippen molar-refractivity contribution in [3.8, 4) is 5.75 Å². The van der Waals surface area contributed by atoms with E-state index in [1.165, 1.54) is 0 Å². The number of hydrogen-bond donors (Lipinski definition) is 1. The van der Waals surface area contributed by atoms with Crippen LogP contribution in [-0.4, -0.2) is 53.6 Å². The Kier molecular flexibility index (Phi) is 5.97. The van der Waals surface area contributed by atoms with Crippen LogP contribution in [0.3, 0.4) is 0 Å². The molecule has 4 rings (SSSR count). The Bertz CT molecular complexity index is 1090. The molecule has 2 aromatic carbocycles. The smallest absolute Gasteiger partial charge is 0.258 e. The normalized spacial score (nSPS) is 14.2. The van der Waals surface area contributed by atoms with Gasteiger partial charge in [0, 0.05) is 39.0 Å². The van der Waals surface area contributed by atoms with Gasteiger partial charge in [-0.05, 0) is 31.2 Å². The molecule has 1 aliphatic rings. The topological polar surface area (TPSA) is 78.5 Å². The number of aromatic amines is 1. The Labute approximate surface area is 175 Å². The highest BCUT2D eigenvalue weighted by molar-refractivity contribution is 5.78. The summed E-state index contributed by atoms with van der Waals surface area (Å²) in [6, 6.07) is 15.3. The highest BCUT2D eigenvalue weighted by Gasteiger charge is 2.23. The van der Waals surface area contributed by atoms with Gasteiger partial charge in [0.25, 0.3) is 5.56 Å². The number of anilines is 1. The largest absolute Gasteiger partial charge is 0.492 e. The first-order valence-electron chi connectivity index (χ1n) is 10.4. The average molecular weight is 406 g/mol. The van der Waals surface area contributed by atoms with Gasteiger partial charge in [0.05, 0.1) is 23.2 Å². The molecule has 0 radical (unpaired) electrons. The maximum Gasteiger partial charge on any atom is 0.258 e. The molecule has 0 bridgehead atoms. The summed E-state index contributed by atoms with van der Waals surface area (Å²) in [6.45, 7) is 5.47. The minimum absolute atomic E-state index is 0.0866. The summed E-state index contributed by atoms with van der Waals surface area (Å²) in [6.07, 6.45) is 0.753. The summed E-state index contributed by atoms with van der Waals surface area (Å²) >= 11 is 0. The molecule has 7 heteroatoms. The number of piperazine rings is 1. The van der Waals surface area contributed by atoms with Gasteiger partial charge < -0.3 is 19.5 Å². The number of ether oxygens (including phenoxy) is 1. The third-order valence-corrected chi connectivity index (χ3v) is 5.38. The Morgan fingerprint density at radius 3 is 2.60 bits per heavy atom. The monoisotopic (exact) mass is 406 g/mol. The van der Waals surface area contributed by atoms with Crippen LogP contribution in [0.4, 0.5) is 5.69 Å². The van der Waals surface area contributed by atoms with Gasteiger partial charge in [-0.3, -0.25) is 9.59 Å². The number of amides is 1. The van der Waals surface area contributed by atoms with E-state index in [0.717, 1.165) is 24.5 Å². The highest BCUT2D eigenvalue weighted by atomic mass is 16.5. The van der Waals surface area contributed by atoms with Gasteiger partial charge in [0.1, 0.15) is 11.6 Å². The van der Waals surface area contributed by atoms with E-state index in [9.17, 15) is 9.59 Å². The van der Waals surface area contributed by atoms with E-state index in [0.29, 0.717) is 49.3 Å². The second-order valence-electron chi connectivity index (χ2n) is 7.30. The fourth-order valence-corrected chi connectivity index (χ4v) is 3.83. The van der Waals surface area contributed by atoms with Crippen LogP contribution >= 0.6 is 0 Å². The van der Waals surface area contributed by atoms with Gasteiger partial charge in [0.2, 0.25) is 5.91 Å². The summed E-state index contributed by atoms with van der Waals surface area (Å²) in [4.78, 5) is 36.3. The molecule has 1 aromatic heterocycles. The van der Waals surface area contributed by atoms with Gasteiger partial charge in [-0.15, -0.1) is 0 Å². The molecular weight excluding hydrogens is 380 g/mol. The van der Waals surface area contributed by atoms with Crippen LogP contribution in [0, 0.1) is 0 Å². The van der Waals surface area contributed by atoms with Crippen LogP contribution in [0.2, 0.25) is 0 Å². The number of nitrogens with one attached hydrogen (secondary N) is 1. The first-order chi connectivity index (χ1) is 14.7. The number of aryl methyl sites for hydroxylation is 1. The number of hydrogen-bond acceptors (Lipinski definition) is 5. The van der Waals surface area contributed by atoms with Crippen molar-refractivity contribution in [3.63, 3.8) is 0 Å². The van der Waals surface area contributed by atoms with E-state index in [1.54, 1.807) is 6.07 Å². The summed E-state index contributed by atoms with van der Waals surface area (Å²) in [5.41, 5.74) is 1.57. The summed E-state index contributed by atoms with van der Waals surface area (Å²) < 4.78 is 5.73. The summed E-state index contributed by atoms with van der Waals surface area (Å²) in [7, 11) is 0. The number of rotatable bonds is 6. The van der Waals surface area contributed by atoms with Gasteiger partial charge >= 0.3 is 0 Å². The minimum atomic E-state index is -0.162. The van der Waals surface area contributed by atoms with Crippen molar-refractivity contribution < 1.29 is 9.53 Å². The van der Waals surface area contributed by atoms with Crippen molar-refractivity contribution in [1.29, 1.82) is 0 Å². The zero-order valence-electron chi connectivity index (χ0n) is 17.1. The minimum Gasteiger partial charge on any atom is -0.492 e. The number of aromatic nitrogens is 2. The molecule has 1 aliphatic heterocycles. The second kappa shape index (κ2) is 8.98. The number of fused-ring (bicyclic) bond motifs is 1. The van der Waals surface area contributed by atoms with Crippen LogP contribution in [0.5, 0.6) is 5.75 Å². The van der Waals surface area contributed by atoms with E-state index in [2.05, 4.69) is 20.9 Å². The maximum atomic E-state index is 12.7. The lowest BCUT2D eigenvalue weighted by atomic mass is 10.2. The Morgan fingerprint density at radius 2 is 1.80 bits per heavy atom. The first-order valence-corrected chi connectivity index (χ1v) is 10.4. The zero-order valence-corrected chi connectivity index (χ0v) is 17.1. The van der Waals surface area contributed by atoms with Crippen molar-refractivity contribution in [2.24, 2.45) is 0 Å². The molecule has 156 valence electrons. The molecule has 1 N–H and O–H groups in total. The molecule has 1 amide bonds. The van der Waals surface area contributed by atoms with Crippen molar-refractivity contribution >= 4 is 22.5 Å². The molecule has 0 aliphatic carbocycles. The lowest BCUT2D eigenvalue weighted by molar-refractivity contribution is -0.131. The second-order valence-corrected chi connectivity index (χ2v) is 7.30. The molecule has 1 saturated heterocycles. The van der Waals surface area contributed by atoms with Crippen LogP contribution in [0.1, 0.15) is 19.2 Å². The molecule has 0 atom stereocenters. The Hall–Kier alpha value is -3.35. The van der Waals surface area contributed by atoms with Crippen molar-refractivity contribution in [3.05, 3.63) is 64.7 Å². The zero-order chi connectivity index (χ0) is 20.9. The fourth-order valence-electron chi connectivity index (χ4n) is 3.83. The van der Waals surface area contributed by atoms with Crippen LogP contribution in [0.25, 0.3) is 10.9 Å². The van der Waals surface area contributed by atoms with E-state index in [4.69, 9.17) is 4.74 Å². The summed E-state index contributed by atoms with van der Waals surface area (Å²) in [5, 5.41) is 0.566. The maximum absolute atomic E-state index is 12.7. The first kappa shape index (κ1) is 19.9. The predicted octanol–water partition coefficient (Wildman–Crippen LogP) is 2.60. The molecule has 3 aromatic rings. The molecule has 7 nitrogen and oxygen atoms in total. The number of para-hydroxylation sites is 3. The standard InChI is InChI=1S/C23H26N4O3/c1-2-30-20-10-6-5-9-19(20)26-13-15-27(16-14-26)22(28)12-11-21-24-18-8-4-3-7-17(18)23(29)25-21/h3-10H,2,11-16H2,1H3,(H,24,25,29). The van der Waals surface area contributed by atoms with E-state index in [-0.39, 0.29) is 11.5 Å². The lowest BCUT2D eigenvalue weighted by Crippen LogP contribution is -2.49. The molecule has 0 unspecified atom stereocenters. The molecule has 0 spiro atoms. The fraction of sp³-hybridized carbons (Fsp3) is 0.348. The molecule has 1 fully saturated rings. The molecular formula is C23H26N4O3. The van der Waals surface area contributed by atoms with E-state index in [1.807, 2.05) is 48.2 Å². The van der Waals surface area contributed by atoms with Crippen molar-refractivity contribution in [2.45, 2.75) is 19.8 Å². The number of benzene rings is 2. The van der Waals surface area contributed by atoms with Crippen LogP contribution in [-0.2, 0) is 11.2 Å². The quantitative estimate of drug-likeness (QED) is 0.681. The molecule has 0 saturated carbocycles. The molecule has 30 heavy (non-hydrogen) atoms. The number of nitrogens with zero attached hydrogens (tertiary/aromatic N) is 3. The lowest BCUT2D eigenvalue weighted by Gasteiger charge is -2.36. The highest BCUT2D eigenvalue weighted by Crippen LogP contribution is 2.28. The third-order valence-electron chi connectivity index (χ3n) is 5.38. The predicted molar refractivity (Wildman–Crippen MR) is 117 cm³/mol. The third kappa shape index (κ3) is 4.30. The molecule has 2 heterocycles. The SMILES string of the molecule is CCOc1ccccc1N1CCN(C(=O)CCc2nc3ccccc3c(=O)[nH]2)CC1. The van der Waals surface area contributed by atoms with Crippen LogP contribution < -0.4 is 15.2 Å². The average Bonchev–Trinajstić information content (AvgIpc) is 2.78.